The molecular formula is C9H12O2S. The number of ether oxygens (including phenoxy) is 1. The van der Waals surface area contributed by atoms with Crippen molar-refractivity contribution in [3.05, 3.63) is 22.4 Å². The van der Waals surface area contributed by atoms with Gasteiger partial charge < -0.3 is 9.84 Å². The van der Waals surface area contributed by atoms with Crippen molar-refractivity contribution in [1.82, 2.24) is 0 Å². The van der Waals surface area contributed by atoms with E-state index < -0.39 is 0 Å². The van der Waals surface area contributed by atoms with Gasteiger partial charge in [-0.3, -0.25) is 0 Å². The molecule has 1 aliphatic heterocycles. The van der Waals surface area contributed by atoms with Crippen LogP contribution in [0.3, 0.4) is 0 Å². The average Bonchev–Trinajstić information content (AvgIpc) is 2.49. The second-order valence-electron chi connectivity index (χ2n) is 3.41. The average molecular weight is 184 g/mol. The Kier molecular flexibility index (Phi) is 2.17. The van der Waals surface area contributed by atoms with Gasteiger partial charge in [0.1, 0.15) is 0 Å². The van der Waals surface area contributed by atoms with Crippen molar-refractivity contribution in [3.63, 3.8) is 0 Å². The lowest BCUT2D eigenvalue weighted by Gasteiger charge is -2.39. The molecule has 0 spiro atoms. The van der Waals surface area contributed by atoms with E-state index in [-0.39, 0.29) is 12.0 Å². The van der Waals surface area contributed by atoms with Crippen LogP contribution in [-0.4, -0.2) is 24.9 Å². The summed E-state index contributed by atoms with van der Waals surface area (Å²) in [5.74, 6) is 0. The van der Waals surface area contributed by atoms with Gasteiger partial charge in [0.15, 0.2) is 0 Å². The van der Waals surface area contributed by atoms with E-state index in [0.29, 0.717) is 13.2 Å². The summed E-state index contributed by atoms with van der Waals surface area (Å²) in [5, 5.41) is 11.2. The Labute approximate surface area is 75.8 Å². The molecule has 1 aliphatic rings. The summed E-state index contributed by atoms with van der Waals surface area (Å²) in [5.41, 5.74) is 0.0326. The first-order valence-electron chi connectivity index (χ1n) is 4.06. The lowest BCUT2D eigenvalue weighted by molar-refractivity contribution is -0.135. The number of hydrogen-bond acceptors (Lipinski definition) is 3. The van der Waals surface area contributed by atoms with E-state index in [1.54, 1.807) is 11.3 Å². The van der Waals surface area contributed by atoms with E-state index in [0.717, 1.165) is 6.42 Å². The Morgan fingerprint density at radius 3 is 2.83 bits per heavy atom. The summed E-state index contributed by atoms with van der Waals surface area (Å²) in [6.07, 6.45) is 0.959. The molecule has 0 unspecified atom stereocenters. The van der Waals surface area contributed by atoms with E-state index in [2.05, 4.69) is 11.4 Å². The Hall–Kier alpha value is -0.380. The van der Waals surface area contributed by atoms with E-state index in [1.165, 1.54) is 4.88 Å². The van der Waals surface area contributed by atoms with Gasteiger partial charge in [0.2, 0.25) is 0 Å². The topological polar surface area (TPSA) is 29.5 Å². The van der Waals surface area contributed by atoms with Crippen molar-refractivity contribution in [3.8, 4) is 0 Å². The van der Waals surface area contributed by atoms with Crippen molar-refractivity contribution < 1.29 is 9.84 Å². The third-order valence-electron chi connectivity index (χ3n) is 2.28. The van der Waals surface area contributed by atoms with Crippen LogP contribution in [0.15, 0.2) is 17.5 Å². The number of aliphatic hydroxyl groups is 1. The molecule has 1 N–H and O–H groups in total. The zero-order valence-electron chi connectivity index (χ0n) is 6.82. The highest BCUT2D eigenvalue weighted by Gasteiger charge is 2.38. The van der Waals surface area contributed by atoms with Crippen molar-refractivity contribution in [1.29, 1.82) is 0 Å². The first-order valence-corrected chi connectivity index (χ1v) is 4.94. The van der Waals surface area contributed by atoms with Crippen LogP contribution in [0.5, 0.6) is 0 Å². The maximum Gasteiger partial charge on any atom is 0.0570 e. The fourth-order valence-corrected chi connectivity index (χ4v) is 2.30. The van der Waals surface area contributed by atoms with Gasteiger partial charge >= 0.3 is 0 Å². The molecule has 3 heteroatoms. The minimum absolute atomic E-state index is 0.0326. The largest absolute Gasteiger partial charge is 0.396 e. The molecule has 1 aromatic heterocycles. The van der Waals surface area contributed by atoms with Gasteiger partial charge in [-0.25, -0.2) is 0 Å². The molecule has 66 valence electrons. The van der Waals surface area contributed by atoms with Crippen LogP contribution >= 0.6 is 11.3 Å². The van der Waals surface area contributed by atoms with Gasteiger partial charge in [-0.05, 0) is 17.9 Å². The molecule has 1 saturated heterocycles. The Morgan fingerprint density at radius 2 is 2.42 bits per heavy atom. The molecule has 2 heterocycles. The van der Waals surface area contributed by atoms with Crippen LogP contribution in [0.4, 0.5) is 0 Å². The highest BCUT2D eigenvalue weighted by Crippen LogP contribution is 2.32. The molecule has 12 heavy (non-hydrogen) atoms. The summed E-state index contributed by atoms with van der Waals surface area (Å²) in [4.78, 5) is 1.34. The van der Waals surface area contributed by atoms with Crippen LogP contribution in [0, 0.1) is 5.41 Å². The summed E-state index contributed by atoms with van der Waals surface area (Å²) in [7, 11) is 0. The van der Waals surface area contributed by atoms with Crippen LogP contribution < -0.4 is 0 Å². The normalized spacial score (nSPS) is 20.4. The number of thiophene rings is 1. The van der Waals surface area contributed by atoms with Gasteiger partial charge in [-0.1, -0.05) is 6.07 Å². The van der Waals surface area contributed by atoms with Crippen LogP contribution in [0.2, 0.25) is 0 Å². The summed E-state index contributed by atoms with van der Waals surface area (Å²) < 4.78 is 5.12. The maximum absolute atomic E-state index is 9.16. The zero-order chi connectivity index (χ0) is 8.44. The molecule has 0 amide bonds. The second-order valence-corrected chi connectivity index (χ2v) is 4.44. The van der Waals surface area contributed by atoms with E-state index in [9.17, 15) is 0 Å². The highest BCUT2D eigenvalue weighted by molar-refractivity contribution is 7.09. The maximum atomic E-state index is 9.16. The molecule has 0 saturated carbocycles. The van der Waals surface area contributed by atoms with Crippen LogP contribution in [0.25, 0.3) is 0 Å². The number of aliphatic hydroxyl groups excluding tert-OH is 1. The summed E-state index contributed by atoms with van der Waals surface area (Å²) in [6.45, 7) is 1.66. The van der Waals surface area contributed by atoms with E-state index in [1.807, 2.05) is 6.07 Å². The molecule has 1 aromatic rings. The Balaban J connectivity index is 2.01. The van der Waals surface area contributed by atoms with Crippen molar-refractivity contribution in [2.45, 2.75) is 6.42 Å². The minimum atomic E-state index is 0.0326. The standard InChI is InChI=1S/C9H12O2S/c10-5-9(6-11-7-9)4-8-2-1-3-12-8/h1-3,10H,4-7H2. The fourth-order valence-electron chi connectivity index (χ4n) is 1.42. The first kappa shape index (κ1) is 8.23. The predicted octanol–water partition coefficient (Wildman–Crippen LogP) is 1.30. The lowest BCUT2D eigenvalue weighted by atomic mass is 9.83. The third-order valence-corrected chi connectivity index (χ3v) is 3.16. The Bertz CT molecular complexity index is 234. The summed E-state index contributed by atoms with van der Waals surface area (Å²) >= 11 is 1.75. The molecular weight excluding hydrogens is 172 g/mol. The zero-order valence-corrected chi connectivity index (χ0v) is 7.64. The number of rotatable bonds is 3. The minimum Gasteiger partial charge on any atom is -0.396 e. The summed E-state index contributed by atoms with van der Waals surface area (Å²) in [6, 6.07) is 4.16. The van der Waals surface area contributed by atoms with Crippen molar-refractivity contribution >= 4 is 11.3 Å². The molecule has 0 radical (unpaired) electrons. The van der Waals surface area contributed by atoms with Crippen molar-refractivity contribution in [2.75, 3.05) is 19.8 Å². The highest BCUT2D eigenvalue weighted by atomic mass is 32.1. The second kappa shape index (κ2) is 3.17. The van der Waals surface area contributed by atoms with E-state index in [4.69, 9.17) is 9.84 Å². The lowest BCUT2D eigenvalue weighted by Crippen LogP contribution is -2.47. The monoisotopic (exact) mass is 184 g/mol. The van der Waals surface area contributed by atoms with Gasteiger partial charge in [-0.2, -0.15) is 0 Å². The smallest absolute Gasteiger partial charge is 0.0570 e. The third kappa shape index (κ3) is 1.40. The molecule has 0 aromatic carbocycles. The first-order chi connectivity index (χ1) is 5.85. The van der Waals surface area contributed by atoms with Gasteiger partial charge in [0.05, 0.1) is 19.8 Å². The fraction of sp³-hybridized carbons (Fsp3) is 0.556. The van der Waals surface area contributed by atoms with Crippen molar-refractivity contribution in [2.24, 2.45) is 5.41 Å². The van der Waals surface area contributed by atoms with Gasteiger partial charge in [-0.15, -0.1) is 11.3 Å². The van der Waals surface area contributed by atoms with Crippen LogP contribution in [0.1, 0.15) is 4.88 Å². The molecule has 2 nitrogen and oxygen atoms in total. The van der Waals surface area contributed by atoms with Gasteiger partial charge in [0.25, 0.3) is 0 Å². The predicted molar refractivity (Wildman–Crippen MR) is 48.4 cm³/mol. The number of hydrogen-bond donors (Lipinski definition) is 1. The molecule has 0 atom stereocenters. The SMILES string of the molecule is OCC1(Cc2cccs2)COC1. The molecule has 0 bridgehead atoms. The Morgan fingerprint density at radius 1 is 1.58 bits per heavy atom. The molecule has 2 rings (SSSR count). The van der Waals surface area contributed by atoms with Gasteiger partial charge in [0, 0.05) is 10.3 Å². The molecule has 0 aliphatic carbocycles. The molecule has 1 fully saturated rings. The quantitative estimate of drug-likeness (QED) is 0.767. The van der Waals surface area contributed by atoms with E-state index >= 15 is 0 Å². The van der Waals surface area contributed by atoms with Crippen LogP contribution in [-0.2, 0) is 11.2 Å².